The summed E-state index contributed by atoms with van der Waals surface area (Å²) in [4.78, 5) is 25.4. The molecule has 24 heavy (non-hydrogen) atoms. The summed E-state index contributed by atoms with van der Waals surface area (Å²) in [5.41, 5.74) is 4.45. The maximum absolute atomic E-state index is 11.6. The molecule has 0 atom stereocenters. The lowest BCUT2D eigenvalue weighted by atomic mass is 9.95. The largest absolute Gasteiger partial charge is 0.466 e. The number of carbonyl (C=O) groups excluding carboxylic acids is 2. The van der Waals surface area contributed by atoms with Crippen molar-refractivity contribution in [2.75, 3.05) is 13.2 Å². The second-order valence-corrected chi connectivity index (χ2v) is 5.39. The first-order chi connectivity index (χ1) is 11.7. The Kier molecular flexibility index (Phi) is 6.93. The SMILES string of the molecule is CCOC(=O)CCc1ccccc1-c1cccc(CCN=C=O)c1. The van der Waals surface area contributed by atoms with E-state index in [1.54, 1.807) is 6.08 Å². The third-order valence-corrected chi connectivity index (χ3v) is 3.74. The Bertz CT molecular complexity index is 733. The molecule has 0 bridgehead atoms. The summed E-state index contributed by atoms with van der Waals surface area (Å²) in [6.07, 6.45) is 3.29. The van der Waals surface area contributed by atoms with Gasteiger partial charge in [-0.2, -0.15) is 0 Å². The molecule has 2 aromatic carbocycles. The number of nitrogens with zero attached hydrogens (tertiary/aromatic N) is 1. The normalized spacial score (nSPS) is 10.0. The van der Waals surface area contributed by atoms with Crippen LogP contribution in [0.25, 0.3) is 11.1 Å². The number of hydrogen-bond acceptors (Lipinski definition) is 4. The van der Waals surface area contributed by atoms with Gasteiger partial charge >= 0.3 is 5.97 Å². The van der Waals surface area contributed by atoms with Crippen molar-refractivity contribution in [3.05, 3.63) is 59.7 Å². The van der Waals surface area contributed by atoms with E-state index in [1.807, 2.05) is 37.3 Å². The van der Waals surface area contributed by atoms with Crippen molar-refractivity contribution in [1.82, 2.24) is 0 Å². The topological polar surface area (TPSA) is 55.7 Å². The van der Waals surface area contributed by atoms with Crippen molar-refractivity contribution >= 4 is 12.0 Å². The predicted molar refractivity (Wildman–Crippen MR) is 93.5 cm³/mol. The Morgan fingerprint density at radius 3 is 2.75 bits per heavy atom. The molecule has 2 rings (SSSR count). The van der Waals surface area contributed by atoms with Gasteiger partial charge < -0.3 is 4.74 Å². The number of rotatable bonds is 8. The first kappa shape index (κ1) is 17.6. The molecule has 2 aromatic rings. The average Bonchev–Trinajstić information content (AvgIpc) is 2.61. The molecule has 0 aliphatic rings. The van der Waals surface area contributed by atoms with Gasteiger partial charge in [0.25, 0.3) is 0 Å². The molecule has 0 aliphatic carbocycles. The minimum Gasteiger partial charge on any atom is -0.466 e. The molecule has 4 nitrogen and oxygen atoms in total. The smallest absolute Gasteiger partial charge is 0.306 e. The van der Waals surface area contributed by atoms with Crippen LogP contribution in [0, 0.1) is 0 Å². The van der Waals surface area contributed by atoms with Crippen molar-refractivity contribution in [3.8, 4) is 11.1 Å². The number of esters is 1. The third kappa shape index (κ3) is 5.18. The van der Waals surface area contributed by atoms with Gasteiger partial charge in [0.1, 0.15) is 0 Å². The molecule has 0 heterocycles. The highest BCUT2D eigenvalue weighted by molar-refractivity contribution is 5.72. The molecular weight excluding hydrogens is 302 g/mol. The van der Waals surface area contributed by atoms with Crippen LogP contribution in [0.5, 0.6) is 0 Å². The van der Waals surface area contributed by atoms with Gasteiger partial charge in [0.2, 0.25) is 6.08 Å². The van der Waals surface area contributed by atoms with Gasteiger partial charge in [-0.1, -0.05) is 48.5 Å². The molecule has 0 unspecified atom stereocenters. The Hall–Kier alpha value is -2.71. The summed E-state index contributed by atoms with van der Waals surface area (Å²) < 4.78 is 5.00. The minimum atomic E-state index is -0.173. The molecule has 0 N–H and O–H groups in total. The molecule has 0 aromatic heterocycles. The molecule has 0 radical (unpaired) electrons. The minimum absolute atomic E-state index is 0.173. The van der Waals surface area contributed by atoms with Crippen molar-refractivity contribution in [2.24, 2.45) is 4.99 Å². The van der Waals surface area contributed by atoms with Crippen LogP contribution in [0.15, 0.2) is 53.5 Å². The highest BCUT2D eigenvalue weighted by Gasteiger charge is 2.08. The van der Waals surface area contributed by atoms with Crippen LogP contribution in [0.2, 0.25) is 0 Å². The summed E-state index contributed by atoms with van der Waals surface area (Å²) in [6, 6.07) is 16.2. The number of ether oxygens (including phenoxy) is 1. The summed E-state index contributed by atoms with van der Waals surface area (Å²) in [5, 5.41) is 0. The quantitative estimate of drug-likeness (QED) is 0.422. The third-order valence-electron chi connectivity index (χ3n) is 3.74. The molecule has 124 valence electrons. The second kappa shape index (κ2) is 9.43. The maximum Gasteiger partial charge on any atom is 0.306 e. The Labute approximate surface area is 142 Å². The van der Waals surface area contributed by atoms with Crippen LogP contribution < -0.4 is 0 Å². The van der Waals surface area contributed by atoms with Gasteiger partial charge in [0, 0.05) is 6.42 Å². The maximum atomic E-state index is 11.6. The van der Waals surface area contributed by atoms with Crippen LogP contribution in [-0.2, 0) is 27.2 Å². The lowest BCUT2D eigenvalue weighted by Crippen LogP contribution is -2.05. The van der Waals surface area contributed by atoms with Crippen LogP contribution in [0.4, 0.5) is 0 Å². The van der Waals surface area contributed by atoms with E-state index in [0.29, 0.717) is 32.4 Å². The van der Waals surface area contributed by atoms with Gasteiger partial charge in [-0.25, -0.2) is 9.79 Å². The highest BCUT2D eigenvalue weighted by atomic mass is 16.5. The zero-order valence-corrected chi connectivity index (χ0v) is 13.8. The molecule has 0 saturated carbocycles. The van der Waals surface area contributed by atoms with Gasteiger partial charge in [0.05, 0.1) is 13.2 Å². The van der Waals surface area contributed by atoms with Crippen LogP contribution in [0.1, 0.15) is 24.5 Å². The van der Waals surface area contributed by atoms with E-state index in [2.05, 4.69) is 23.2 Å². The predicted octanol–water partition coefficient (Wildman–Crippen LogP) is 3.73. The summed E-state index contributed by atoms with van der Waals surface area (Å²) >= 11 is 0. The fourth-order valence-corrected chi connectivity index (χ4v) is 2.61. The van der Waals surface area contributed by atoms with E-state index < -0.39 is 0 Å². The van der Waals surface area contributed by atoms with Crippen LogP contribution in [0.3, 0.4) is 0 Å². The molecule has 0 spiro atoms. The molecule has 0 fully saturated rings. The molecule has 4 heteroatoms. The number of hydrogen-bond donors (Lipinski definition) is 0. The van der Waals surface area contributed by atoms with Gasteiger partial charge in [-0.3, -0.25) is 4.79 Å². The molecular formula is C20H21NO3. The summed E-state index contributed by atoms with van der Waals surface area (Å²) in [5.74, 6) is -0.173. The zero-order chi connectivity index (χ0) is 17.2. The van der Waals surface area contributed by atoms with Crippen molar-refractivity contribution in [3.63, 3.8) is 0 Å². The Morgan fingerprint density at radius 2 is 1.96 bits per heavy atom. The summed E-state index contributed by atoms with van der Waals surface area (Å²) in [7, 11) is 0. The van der Waals surface area contributed by atoms with Gasteiger partial charge in [-0.05, 0) is 42.0 Å². The summed E-state index contributed by atoms with van der Waals surface area (Å²) in [6.45, 7) is 2.66. The van der Waals surface area contributed by atoms with Crippen LogP contribution in [-0.4, -0.2) is 25.2 Å². The highest BCUT2D eigenvalue weighted by Crippen LogP contribution is 2.26. The molecule has 0 amide bonds. The fourth-order valence-electron chi connectivity index (χ4n) is 2.61. The zero-order valence-electron chi connectivity index (χ0n) is 13.8. The van der Waals surface area contributed by atoms with Gasteiger partial charge in [0.15, 0.2) is 0 Å². The number of benzene rings is 2. The number of isocyanates is 1. The van der Waals surface area contributed by atoms with Gasteiger partial charge in [-0.15, -0.1) is 0 Å². The van der Waals surface area contributed by atoms with E-state index >= 15 is 0 Å². The van der Waals surface area contributed by atoms with E-state index in [4.69, 9.17) is 4.74 Å². The Morgan fingerprint density at radius 1 is 1.12 bits per heavy atom. The fraction of sp³-hybridized carbons (Fsp3) is 0.300. The van der Waals surface area contributed by atoms with E-state index in [9.17, 15) is 9.59 Å². The first-order valence-electron chi connectivity index (χ1n) is 8.11. The first-order valence-corrected chi connectivity index (χ1v) is 8.11. The monoisotopic (exact) mass is 323 g/mol. The van der Waals surface area contributed by atoms with E-state index in [-0.39, 0.29) is 5.97 Å². The number of aryl methyl sites for hydroxylation is 1. The lowest BCUT2D eigenvalue weighted by molar-refractivity contribution is -0.143. The molecule has 0 saturated heterocycles. The standard InChI is InChI=1S/C20H21NO3/c1-2-24-20(23)11-10-17-7-3-4-9-19(17)18-8-5-6-16(14-18)12-13-21-15-22/h3-9,14H,2,10-13H2,1H3. The molecule has 0 aliphatic heterocycles. The Balaban J connectivity index is 2.17. The van der Waals surface area contributed by atoms with E-state index in [1.165, 1.54) is 0 Å². The lowest BCUT2D eigenvalue weighted by Gasteiger charge is -2.11. The van der Waals surface area contributed by atoms with E-state index in [0.717, 1.165) is 22.3 Å². The second-order valence-electron chi connectivity index (χ2n) is 5.39. The number of carbonyl (C=O) groups is 1. The van der Waals surface area contributed by atoms with Crippen molar-refractivity contribution in [2.45, 2.75) is 26.2 Å². The van der Waals surface area contributed by atoms with Crippen LogP contribution >= 0.6 is 0 Å². The van der Waals surface area contributed by atoms with Crippen molar-refractivity contribution in [1.29, 1.82) is 0 Å². The number of aliphatic imine (C=N–C) groups is 1. The average molecular weight is 323 g/mol. The van der Waals surface area contributed by atoms with Crippen molar-refractivity contribution < 1.29 is 14.3 Å².